The lowest BCUT2D eigenvalue weighted by molar-refractivity contribution is 0.304. The van der Waals surface area contributed by atoms with Gasteiger partial charge in [0, 0.05) is 24.3 Å². The highest BCUT2D eigenvalue weighted by Crippen LogP contribution is 2.26. The fourth-order valence-corrected chi connectivity index (χ4v) is 3.41. The largest absolute Gasteiger partial charge is 0.316 e. The second-order valence-corrected chi connectivity index (χ2v) is 5.80. The standard InChI is InChI=1S/C16H29N3/c1-4-15-14(11-17-3)16(5-2)19(18-15)12-13-9-7-6-8-10-13/h13,17H,4-12H2,1-3H3. The summed E-state index contributed by atoms with van der Waals surface area (Å²) in [6.45, 7) is 6.57. The molecular weight excluding hydrogens is 234 g/mol. The monoisotopic (exact) mass is 263 g/mol. The van der Waals surface area contributed by atoms with Gasteiger partial charge in [0.2, 0.25) is 0 Å². The van der Waals surface area contributed by atoms with Gasteiger partial charge in [0.15, 0.2) is 0 Å². The highest BCUT2D eigenvalue weighted by Gasteiger charge is 2.19. The molecule has 0 aliphatic heterocycles. The molecule has 0 radical (unpaired) electrons. The molecule has 3 nitrogen and oxygen atoms in total. The van der Waals surface area contributed by atoms with Gasteiger partial charge < -0.3 is 5.32 Å². The minimum Gasteiger partial charge on any atom is -0.316 e. The third-order valence-corrected chi connectivity index (χ3v) is 4.43. The predicted octanol–water partition coefficient (Wildman–Crippen LogP) is 3.31. The Morgan fingerprint density at radius 3 is 2.47 bits per heavy atom. The zero-order valence-corrected chi connectivity index (χ0v) is 12.8. The highest BCUT2D eigenvalue weighted by molar-refractivity contribution is 5.26. The number of hydrogen-bond donors (Lipinski definition) is 1. The number of nitrogens with one attached hydrogen (secondary N) is 1. The van der Waals surface area contributed by atoms with Crippen LogP contribution in [0.4, 0.5) is 0 Å². The first-order chi connectivity index (χ1) is 9.30. The van der Waals surface area contributed by atoms with Crippen molar-refractivity contribution >= 4 is 0 Å². The van der Waals surface area contributed by atoms with Crippen molar-refractivity contribution in [3.05, 3.63) is 17.0 Å². The molecular formula is C16H29N3. The van der Waals surface area contributed by atoms with E-state index in [1.165, 1.54) is 49.1 Å². The second kappa shape index (κ2) is 7.09. The fraction of sp³-hybridized carbons (Fsp3) is 0.812. The summed E-state index contributed by atoms with van der Waals surface area (Å²) in [4.78, 5) is 0. The van der Waals surface area contributed by atoms with E-state index in [0.717, 1.165) is 31.8 Å². The Bertz CT molecular complexity index is 389. The summed E-state index contributed by atoms with van der Waals surface area (Å²) in [7, 11) is 2.03. The van der Waals surface area contributed by atoms with Crippen LogP contribution in [0.5, 0.6) is 0 Å². The molecule has 1 aliphatic rings. The van der Waals surface area contributed by atoms with Crippen molar-refractivity contribution in [2.24, 2.45) is 5.92 Å². The highest BCUT2D eigenvalue weighted by atomic mass is 15.3. The van der Waals surface area contributed by atoms with Gasteiger partial charge >= 0.3 is 0 Å². The average molecular weight is 263 g/mol. The van der Waals surface area contributed by atoms with Crippen LogP contribution in [0.1, 0.15) is 62.9 Å². The van der Waals surface area contributed by atoms with Gasteiger partial charge in [0.25, 0.3) is 0 Å². The first kappa shape index (κ1) is 14.6. The smallest absolute Gasteiger partial charge is 0.0669 e. The number of nitrogens with zero attached hydrogens (tertiary/aromatic N) is 2. The predicted molar refractivity (Wildman–Crippen MR) is 80.3 cm³/mol. The first-order valence-electron chi connectivity index (χ1n) is 8.02. The van der Waals surface area contributed by atoms with Crippen molar-refractivity contribution in [2.45, 2.75) is 71.9 Å². The van der Waals surface area contributed by atoms with E-state index in [1.54, 1.807) is 0 Å². The Labute approximate surface area is 117 Å². The van der Waals surface area contributed by atoms with E-state index in [2.05, 4.69) is 23.8 Å². The van der Waals surface area contributed by atoms with Gasteiger partial charge in [0.1, 0.15) is 0 Å². The van der Waals surface area contributed by atoms with E-state index in [4.69, 9.17) is 5.10 Å². The third-order valence-electron chi connectivity index (χ3n) is 4.43. The molecule has 1 saturated carbocycles. The molecule has 2 rings (SSSR count). The van der Waals surface area contributed by atoms with Crippen molar-refractivity contribution in [3.63, 3.8) is 0 Å². The molecule has 19 heavy (non-hydrogen) atoms. The first-order valence-corrected chi connectivity index (χ1v) is 8.02. The summed E-state index contributed by atoms with van der Waals surface area (Å²) >= 11 is 0. The Morgan fingerprint density at radius 2 is 1.89 bits per heavy atom. The van der Waals surface area contributed by atoms with E-state index in [9.17, 15) is 0 Å². The van der Waals surface area contributed by atoms with Crippen LogP contribution in [-0.2, 0) is 25.9 Å². The Hall–Kier alpha value is -0.830. The number of aryl methyl sites for hydroxylation is 1. The van der Waals surface area contributed by atoms with E-state index < -0.39 is 0 Å². The molecule has 0 saturated heterocycles. The SMILES string of the molecule is CCc1nn(CC2CCCCC2)c(CC)c1CNC. The summed E-state index contributed by atoms with van der Waals surface area (Å²) in [5.74, 6) is 0.853. The quantitative estimate of drug-likeness (QED) is 0.853. The van der Waals surface area contributed by atoms with Crippen molar-refractivity contribution < 1.29 is 0 Å². The molecule has 0 spiro atoms. The average Bonchev–Trinajstić information content (AvgIpc) is 2.77. The van der Waals surface area contributed by atoms with E-state index in [-0.39, 0.29) is 0 Å². The van der Waals surface area contributed by atoms with Crippen LogP contribution in [-0.4, -0.2) is 16.8 Å². The van der Waals surface area contributed by atoms with Crippen molar-refractivity contribution in [1.29, 1.82) is 0 Å². The maximum atomic E-state index is 4.89. The lowest BCUT2D eigenvalue weighted by atomic mass is 9.89. The summed E-state index contributed by atoms with van der Waals surface area (Å²) in [5.41, 5.74) is 4.20. The Balaban J connectivity index is 2.18. The third kappa shape index (κ3) is 3.38. The van der Waals surface area contributed by atoms with Crippen molar-refractivity contribution in [3.8, 4) is 0 Å². The topological polar surface area (TPSA) is 29.9 Å². The number of rotatable bonds is 6. The Morgan fingerprint density at radius 1 is 1.16 bits per heavy atom. The van der Waals surface area contributed by atoms with Gasteiger partial charge in [-0.25, -0.2) is 0 Å². The number of hydrogen-bond acceptors (Lipinski definition) is 2. The van der Waals surface area contributed by atoms with Crippen molar-refractivity contribution in [1.82, 2.24) is 15.1 Å². The minimum atomic E-state index is 0.853. The van der Waals surface area contributed by atoms with Gasteiger partial charge in [0.05, 0.1) is 5.69 Å². The molecule has 1 aromatic heterocycles. The summed E-state index contributed by atoms with van der Waals surface area (Å²) in [6.07, 6.45) is 9.19. The lowest BCUT2D eigenvalue weighted by Gasteiger charge is -2.22. The van der Waals surface area contributed by atoms with Crippen LogP contribution in [0.3, 0.4) is 0 Å². The summed E-state index contributed by atoms with van der Waals surface area (Å²) in [6, 6.07) is 0. The molecule has 1 aliphatic carbocycles. The number of aromatic nitrogens is 2. The van der Waals surface area contributed by atoms with Gasteiger partial charge in [-0.05, 0) is 38.6 Å². The molecule has 0 atom stereocenters. The molecule has 0 bridgehead atoms. The van der Waals surface area contributed by atoms with Gasteiger partial charge in [-0.3, -0.25) is 4.68 Å². The zero-order chi connectivity index (χ0) is 13.7. The normalized spacial score (nSPS) is 17.0. The van der Waals surface area contributed by atoms with Crippen LogP contribution in [0.25, 0.3) is 0 Å². The van der Waals surface area contributed by atoms with Gasteiger partial charge in [-0.2, -0.15) is 5.10 Å². The fourth-order valence-electron chi connectivity index (χ4n) is 3.41. The lowest BCUT2D eigenvalue weighted by Crippen LogP contribution is -2.17. The van der Waals surface area contributed by atoms with Crippen LogP contribution in [0.15, 0.2) is 0 Å². The molecule has 0 amide bonds. The zero-order valence-electron chi connectivity index (χ0n) is 12.8. The van der Waals surface area contributed by atoms with Crippen LogP contribution in [0.2, 0.25) is 0 Å². The maximum Gasteiger partial charge on any atom is 0.0669 e. The summed E-state index contributed by atoms with van der Waals surface area (Å²) < 4.78 is 2.32. The molecule has 0 aromatic carbocycles. The van der Waals surface area contributed by atoms with Crippen LogP contribution >= 0.6 is 0 Å². The van der Waals surface area contributed by atoms with Crippen LogP contribution in [0, 0.1) is 5.92 Å². The maximum absolute atomic E-state index is 4.89. The van der Waals surface area contributed by atoms with E-state index >= 15 is 0 Å². The van der Waals surface area contributed by atoms with Gasteiger partial charge in [-0.1, -0.05) is 33.1 Å². The van der Waals surface area contributed by atoms with Crippen LogP contribution < -0.4 is 5.32 Å². The van der Waals surface area contributed by atoms with E-state index in [0.29, 0.717) is 0 Å². The molecule has 0 unspecified atom stereocenters. The molecule has 3 heteroatoms. The molecule has 1 fully saturated rings. The molecule has 108 valence electrons. The molecule has 1 heterocycles. The molecule has 1 N–H and O–H groups in total. The minimum absolute atomic E-state index is 0.853. The van der Waals surface area contributed by atoms with Crippen molar-refractivity contribution in [2.75, 3.05) is 7.05 Å². The second-order valence-electron chi connectivity index (χ2n) is 5.80. The van der Waals surface area contributed by atoms with E-state index in [1.807, 2.05) is 7.05 Å². The molecule has 1 aromatic rings. The van der Waals surface area contributed by atoms with Gasteiger partial charge in [-0.15, -0.1) is 0 Å². The Kier molecular flexibility index (Phi) is 5.44. The summed E-state index contributed by atoms with van der Waals surface area (Å²) in [5, 5.41) is 8.19.